The van der Waals surface area contributed by atoms with Gasteiger partial charge in [-0.1, -0.05) is 60.7 Å². The number of methoxy groups -OCH3 is 1. The van der Waals surface area contributed by atoms with Gasteiger partial charge in [-0.2, -0.15) is 0 Å². The Kier molecular flexibility index (Phi) is 8.21. The molecular weight excluding hydrogens is 458 g/mol. The highest BCUT2D eigenvalue weighted by atomic mass is 35.5. The minimum Gasteiger partial charge on any atom is -0.497 e. The largest absolute Gasteiger partial charge is 0.497 e. The average molecular weight is 490 g/mol. The lowest BCUT2D eigenvalue weighted by atomic mass is 9.84. The summed E-state index contributed by atoms with van der Waals surface area (Å²) in [5.41, 5.74) is 4.45. The van der Waals surface area contributed by atoms with Gasteiger partial charge >= 0.3 is 5.97 Å². The van der Waals surface area contributed by atoms with Crippen molar-refractivity contribution in [1.82, 2.24) is 5.32 Å². The van der Waals surface area contributed by atoms with Gasteiger partial charge in [0.1, 0.15) is 5.75 Å². The van der Waals surface area contributed by atoms with E-state index in [0.717, 1.165) is 29.0 Å². The molecule has 0 saturated carbocycles. The molecule has 0 radical (unpaired) electrons. The molecule has 1 unspecified atom stereocenters. The van der Waals surface area contributed by atoms with Gasteiger partial charge in [0, 0.05) is 12.6 Å². The maximum Gasteiger partial charge on any atom is 0.313 e. The number of hydrogen-bond donors (Lipinski definition) is 2. The molecule has 4 nitrogen and oxygen atoms in total. The van der Waals surface area contributed by atoms with Crippen LogP contribution in [0.5, 0.6) is 5.75 Å². The number of carboxylic acids is 1. The van der Waals surface area contributed by atoms with Crippen LogP contribution in [0.2, 0.25) is 0 Å². The van der Waals surface area contributed by atoms with Crippen LogP contribution in [-0.4, -0.2) is 18.2 Å². The van der Waals surface area contributed by atoms with Crippen LogP contribution in [0.3, 0.4) is 0 Å². The fourth-order valence-corrected chi connectivity index (χ4v) is 4.20. The molecule has 0 aromatic heterocycles. The van der Waals surface area contributed by atoms with Crippen LogP contribution < -0.4 is 10.1 Å². The van der Waals surface area contributed by atoms with E-state index in [9.17, 15) is 9.90 Å². The second kappa shape index (κ2) is 10.9. The maximum absolute atomic E-state index is 11.6. The fraction of sp³-hybridized carbons (Fsp3) is 0.233. The lowest BCUT2D eigenvalue weighted by molar-refractivity contribution is -0.142. The van der Waals surface area contributed by atoms with E-state index in [2.05, 4.69) is 60.8 Å². The van der Waals surface area contributed by atoms with E-state index < -0.39 is 11.4 Å². The first-order chi connectivity index (χ1) is 16.3. The van der Waals surface area contributed by atoms with Crippen molar-refractivity contribution >= 4 is 29.1 Å². The van der Waals surface area contributed by atoms with Gasteiger partial charge in [0.2, 0.25) is 0 Å². The Morgan fingerprint density at radius 1 is 0.971 bits per heavy atom. The highest BCUT2D eigenvalue weighted by Crippen LogP contribution is 2.33. The molecule has 0 heterocycles. The number of benzene rings is 4. The molecule has 0 aliphatic rings. The molecule has 0 spiro atoms. The second-order valence-electron chi connectivity index (χ2n) is 9.25. The molecule has 0 amide bonds. The van der Waals surface area contributed by atoms with E-state index in [4.69, 9.17) is 4.74 Å². The minimum atomic E-state index is -0.928. The number of aliphatic carboxylic acids is 1. The van der Waals surface area contributed by atoms with Gasteiger partial charge in [-0.25, -0.2) is 0 Å². The molecule has 0 aliphatic carbocycles. The smallest absolute Gasteiger partial charge is 0.313 e. The van der Waals surface area contributed by atoms with Gasteiger partial charge in [0.25, 0.3) is 0 Å². The predicted molar refractivity (Wildman–Crippen MR) is 146 cm³/mol. The number of ether oxygens (including phenoxy) is 1. The average Bonchev–Trinajstić information content (AvgIpc) is 2.86. The molecule has 5 heteroatoms. The van der Waals surface area contributed by atoms with Gasteiger partial charge in [0.15, 0.2) is 0 Å². The molecule has 0 aliphatic heterocycles. The normalized spacial score (nSPS) is 12.1. The zero-order valence-electron chi connectivity index (χ0n) is 20.5. The van der Waals surface area contributed by atoms with Crippen molar-refractivity contribution in [2.24, 2.45) is 0 Å². The van der Waals surface area contributed by atoms with E-state index in [1.165, 1.54) is 21.9 Å². The van der Waals surface area contributed by atoms with E-state index >= 15 is 0 Å². The van der Waals surface area contributed by atoms with E-state index in [1.54, 1.807) is 21.0 Å². The Bertz CT molecular complexity index is 1310. The van der Waals surface area contributed by atoms with Gasteiger partial charge in [-0.05, 0) is 83.6 Å². The number of fused-ring (bicyclic) bond motifs is 1. The van der Waals surface area contributed by atoms with Gasteiger partial charge in [0.05, 0.1) is 12.5 Å². The van der Waals surface area contributed by atoms with Crippen molar-refractivity contribution in [3.8, 4) is 16.9 Å². The minimum absolute atomic E-state index is 0. The lowest BCUT2D eigenvalue weighted by Gasteiger charge is -2.20. The van der Waals surface area contributed by atoms with Crippen LogP contribution in [0.25, 0.3) is 21.9 Å². The Morgan fingerprint density at radius 2 is 1.69 bits per heavy atom. The first kappa shape index (κ1) is 26.3. The predicted octanol–water partition coefficient (Wildman–Crippen LogP) is 7.15. The standard InChI is InChI=1S/C30H31NO3.ClH/c1-20(23-9-7-10-26(18-23)34-4)31-19-21-16-24-8-5-6-11-27(24)28(17-21)22-12-14-25(15-13-22)30(2,3)29(32)33;/h5-18,20,31H,19H2,1-4H3,(H,32,33);1H. The SMILES string of the molecule is COc1cccc(C(C)NCc2cc(-c3ccc(C(C)(C)C(=O)O)cc3)c3ccccc3c2)c1.Cl. The van der Waals surface area contributed by atoms with Crippen molar-refractivity contribution < 1.29 is 14.6 Å². The van der Waals surface area contributed by atoms with Crippen LogP contribution in [0.4, 0.5) is 0 Å². The molecule has 4 aromatic carbocycles. The van der Waals surface area contributed by atoms with Gasteiger partial charge in [-0.3, -0.25) is 4.79 Å². The molecule has 4 rings (SSSR count). The van der Waals surface area contributed by atoms with Crippen LogP contribution >= 0.6 is 12.4 Å². The summed E-state index contributed by atoms with van der Waals surface area (Å²) in [6.07, 6.45) is 0. The van der Waals surface area contributed by atoms with E-state index in [-0.39, 0.29) is 18.4 Å². The van der Waals surface area contributed by atoms with Crippen molar-refractivity contribution in [1.29, 1.82) is 0 Å². The highest BCUT2D eigenvalue weighted by molar-refractivity contribution is 5.97. The van der Waals surface area contributed by atoms with E-state index in [0.29, 0.717) is 0 Å². The Hall–Kier alpha value is -3.34. The molecule has 1 atom stereocenters. The fourth-order valence-electron chi connectivity index (χ4n) is 4.20. The zero-order valence-corrected chi connectivity index (χ0v) is 21.4. The van der Waals surface area contributed by atoms with Gasteiger partial charge in [-0.15, -0.1) is 12.4 Å². The number of nitrogens with one attached hydrogen (secondary N) is 1. The molecule has 0 fully saturated rings. The molecule has 182 valence electrons. The van der Waals surface area contributed by atoms with Crippen LogP contribution in [0.1, 0.15) is 43.5 Å². The number of halogens is 1. The number of carbonyl (C=O) groups is 1. The number of rotatable bonds is 8. The second-order valence-corrected chi connectivity index (χ2v) is 9.25. The molecular formula is C30H32ClNO3. The van der Waals surface area contributed by atoms with Crippen molar-refractivity contribution in [3.63, 3.8) is 0 Å². The quantitative estimate of drug-likeness (QED) is 0.276. The van der Waals surface area contributed by atoms with Crippen molar-refractivity contribution in [2.45, 2.75) is 38.8 Å². The summed E-state index contributed by atoms with van der Waals surface area (Å²) in [6.45, 7) is 6.34. The molecule has 4 aromatic rings. The van der Waals surface area contributed by atoms with Crippen molar-refractivity contribution in [3.05, 3.63) is 102 Å². The summed E-state index contributed by atoms with van der Waals surface area (Å²) in [5, 5.41) is 15.6. The van der Waals surface area contributed by atoms with Gasteiger partial charge < -0.3 is 15.2 Å². The summed E-state index contributed by atoms with van der Waals surface area (Å²) in [6, 6.07) is 29.0. The number of hydrogen-bond acceptors (Lipinski definition) is 3. The molecule has 0 saturated heterocycles. The summed E-state index contributed by atoms with van der Waals surface area (Å²) in [7, 11) is 1.68. The number of carboxylic acid groups (broad SMARTS) is 1. The first-order valence-electron chi connectivity index (χ1n) is 11.5. The topological polar surface area (TPSA) is 58.6 Å². The third kappa shape index (κ3) is 5.67. The third-order valence-electron chi connectivity index (χ3n) is 6.58. The molecule has 35 heavy (non-hydrogen) atoms. The van der Waals surface area contributed by atoms with E-state index in [1.807, 2.05) is 36.4 Å². The van der Waals surface area contributed by atoms with Crippen LogP contribution in [0, 0.1) is 0 Å². The lowest BCUT2D eigenvalue weighted by Crippen LogP contribution is -2.28. The summed E-state index contributed by atoms with van der Waals surface area (Å²) in [5.74, 6) is 0.0255. The summed E-state index contributed by atoms with van der Waals surface area (Å²) >= 11 is 0. The van der Waals surface area contributed by atoms with Crippen LogP contribution in [-0.2, 0) is 16.8 Å². The van der Waals surface area contributed by atoms with Crippen LogP contribution in [0.15, 0.2) is 84.9 Å². The first-order valence-corrected chi connectivity index (χ1v) is 11.5. The summed E-state index contributed by atoms with van der Waals surface area (Å²) in [4.78, 5) is 11.6. The van der Waals surface area contributed by atoms with Crippen molar-refractivity contribution in [2.75, 3.05) is 7.11 Å². The maximum atomic E-state index is 11.6. The Labute approximate surface area is 213 Å². The highest BCUT2D eigenvalue weighted by Gasteiger charge is 2.29. The summed E-state index contributed by atoms with van der Waals surface area (Å²) < 4.78 is 5.36. The zero-order chi connectivity index (χ0) is 24.3. The molecule has 2 N–H and O–H groups in total. The monoisotopic (exact) mass is 489 g/mol. The third-order valence-corrected chi connectivity index (χ3v) is 6.58. The Morgan fingerprint density at radius 3 is 2.37 bits per heavy atom. The molecule has 0 bridgehead atoms. The Balaban J connectivity index is 0.00000342.